The van der Waals surface area contributed by atoms with Gasteiger partial charge < -0.3 is 20.4 Å². The van der Waals surface area contributed by atoms with Crippen LogP contribution in [0.25, 0.3) is 0 Å². The summed E-state index contributed by atoms with van der Waals surface area (Å²) >= 11 is 0. The molecule has 78 valence electrons. The number of hydrogen-bond donors (Lipinski definition) is 4. The topological polar surface area (TPSA) is 156 Å². The summed E-state index contributed by atoms with van der Waals surface area (Å²) in [5.41, 5.74) is 0. The van der Waals surface area contributed by atoms with Gasteiger partial charge >= 0.3 is 24.4 Å². The van der Waals surface area contributed by atoms with Crippen molar-refractivity contribution in [3.63, 3.8) is 0 Å². The standard InChI is InChI=1S/C4H4N2O8/c7-1(8)5(2(9)10)6(3(11)12)4(13)14/h(H,7,8)(H,9,10)(H,11,12)(H,13,14). The van der Waals surface area contributed by atoms with Crippen molar-refractivity contribution in [2.45, 2.75) is 0 Å². The van der Waals surface area contributed by atoms with Gasteiger partial charge in [-0.05, 0) is 0 Å². The predicted molar refractivity (Wildman–Crippen MR) is 35.8 cm³/mol. The van der Waals surface area contributed by atoms with Crippen molar-refractivity contribution >= 4 is 24.4 Å². The van der Waals surface area contributed by atoms with Crippen LogP contribution < -0.4 is 0 Å². The number of carbonyl (C=O) groups is 4. The van der Waals surface area contributed by atoms with Crippen molar-refractivity contribution in [2.24, 2.45) is 0 Å². The Labute approximate surface area is 75.1 Å². The van der Waals surface area contributed by atoms with E-state index in [1.54, 1.807) is 0 Å². The Morgan fingerprint density at radius 3 is 0.786 bits per heavy atom. The summed E-state index contributed by atoms with van der Waals surface area (Å²) in [6.07, 6.45) is -8.99. The first-order chi connectivity index (χ1) is 6.29. The molecule has 0 aliphatic carbocycles. The highest BCUT2D eigenvalue weighted by molar-refractivity contribution is 5.94. The second kappa shape index (κ2) is 3.93. The zero-order valence-electron chi connectivity index (χ0n) is 6.32. The van der Waals surface area contributed by atoms with Gasteiger partial charge in [0, 0.05) is 0 Å². The van der Waals surface area contributed by atoms with Gasteiger partial charge in [-0.1, -0.05) is 0 Å². The fourth-order valence-corrected chi connectivity index (χ4v) is 0.506. The molecular formula is C4H4N2O8. The predicted octanol–water partition coefficient (Wildman–Crippen LogP) is 0.217. The third kappa shape index (κ3) is 2.23. The Balaban J connectivity index is 5.13. The Hall–Kier alpha value is -2.52. The van der Waals surface area contributed by atoms with E-state index in [-0.39, 0.29) is 0 Å². The first-order valence-electron chi connectivity index (χ1n) is 2.81. The lowest BCUT2D eigenvalue weighted by Gasteiger charge is -2.20. The maximum absolute atomic E-state index is 10.2. The van der Waals surface area contributed by atoms with Crippen LogP contribution in [0.1, 0.15) is 0 Å². The maximum Gasteiger partial charge on any atom is 0.437 e. The van der Waals surface area contributed by atoms with Crippen LogP contribution in [0.15, 0.2) is 0 Å². The van der Waals surface area contributed by atoms with Gasteiger partial charge in [0.1, 0.15) is 0 Å². The summed E-state index contributed by atoms with van der Waals surface area (Å²) in [5, 5.41) is 31.0. The first kappa shape index (κ1) is 11.5. The molecule has 0 aliphatic heterocycles. The quantitative estimate of drug-likeness (QED) is 0.411. The first-order valence-corrected chi connectivity index (χ1v) is 2.81. The molecule has 10 heteroatoms. The molecule has 4 amide bonds. The molecule has 0 spiro atoms. The van der Waals surface area contributed by atoms with Crippen molar-refractivity contribution in [1.82, 2.24) is 10.0 Å². The van der Waals surface area contributed by atoms with E-state index < -0.39 is 34.4 Å². The minimum absolute atomic E-state index is 0.884. The molecule has 0 bridgehead atoms. The van der Waals surface area contributed by atoms with Gasteiger partial charge in [0.2, 0.25) is 0 Å². The third-order valence-electron chi connectivity index (χ3n) is 0.925. The van der Waals surface area contributed by atoms with E-state index in [9.17, 15) is 19.2 Å². The highest BCUT2D eigenvalue weighted by Gasteiger charge is 2.36. The zero-order valence-corrected chi connectivity index (χ0v) is 6.32. The molecule has 4 N–H and O–H groups in total. The van der Waals surface area contributed by atoms with Gasteiger partial charge in [0.25, 0.3) is 0 Å². The number of amides is 4. The van der Waals surface area contributed by atoms with E-state index in [1.807, 2.05) is 0 Å². The number of carboxylic acid groups (broad SMARTS) is 4. The Morgan fingerprint density at radius 2 is 0.714 bits per heavy atom. The Morgan fingerprint density at radius 1 is 0.571 bits per heavy atom. The van der Waals surface area contributed by atoms with Crippen LogP contribution in [0, 0.1) is 0 Å². The highest BCUT2D eigenvalue weighted by Crippen LogP contribution is 2.01. The van der Waals surface area contributed by atoms with E-state index in [4.69, 9.17) is 20.4 Å². The molecule has 10 nitrogen and oxygen atoms in total. The van der Waals surface area contributed by atoms with Crippen molar-refractivity contribution in [2.75, 3.05) is 0 Å². The zero-order chi connectivity index (χ0) is 11.5. The SMILES string of the molecule is O=C(O)N(C(=O)O)N(C(=O)O)C(=O)O. The maximum atomic E-state index is 10.2. The largest absolute Gasteiger partial charge is 0.463 e. The minimum atomic E-state index is -2.25. The number of nitrogens with zero attached hydrogens (tertiary/aromatic N) is 2. The number of hydrogen-bond acceptors (Lipinski definition) is 4. The summed E-state index contributed by atoms with van der Waals surface area (Å²) in [4.78, 5) is 40.7. The molecule has 0 heterocycles. The molecule has 0 radical (unpaired) electrons. The molecule has 0 aromatic heterocycles. The number of hydrazine groups is 1. The second-order valence-corrected chi connectivity index (χ2v) is 1.75. The smallest absolute Gasteiger partial charge is 0.437 e. The van der Waals surface area contributed by atoms with E-state index in [0.717, 1.165) is 0 Å². The fraction of sp³-hybridized carbons (Fsp3) is 0. The summed E-state index contributed by atoms with van der Waals surface area (Å²) in [6.45, 7) is 0. The highest BCUT2D eigenvalue weighted by atomic mass is 16.5. The van der Waals surface area contributed by atoms with Crippen LogP contribution >= 0.6 is 0 Å². The number of rotatable bonds is 0. The molecular weight excluding hydrogens is 204 g/mol. The second-order valence-electron chi connectivity index (χ2n) is 1.75. The van der Waals surface area contributed by atoms with E-state index in [0.29, 0.717) is 0 Å². The van der Waals surface area contributed by atoms with Gasteiger partial charge in [-0.2, -0.15) is 0 Å². The minimum Gasteiger partial charge on any atom is -0.463 e. The van der Waals surface area contributed by atoms with Crippen molar-refractivity contribution in [3.8, 4) is 0 Å². The van der Waals surface area contributed by atoms with Gasteiger partial charge in [-0.3, -0.25) is 0 Å². The Kier molecular flexibility index (Phi) is 3.22. The van der Waals surface area contributed by atoms with Crippen LogP contribution in [-0.4, -0.2) is 54.8 Å². The van der Waals surface area contributed by atoms with Crippen LogP contribution in [0.2, 0.25) is 0 Å². The normalized spacial score (nSPS) is 8.86. The van der Waals surface area contributed by atoms with Crippen LogP contribution in [0.3, 0.4) is 0 Å². The Bertz CT molecular complexity index is 240. The van der Waals surface area contributed by atoms with Crippen molar-refractivity contribution in [1.29, 1.82) is 0 Å². The summed E-state index contributed by atoms with van der Waals surface area (Å²) in [7, 11) is 0. The summed E-state index contributed by atoms with van der Waals surface area (Å²) in [5.74, 6) is 0. The average Bonchev–Trinajstić information content (AvgIpc) is 1.96. The van der Waals surface area contributed by atoms with Gasteiger partial charge in [-0.25, -0.2) is 19.2 Å². The lowest BCUT2D eigenvalue weighted by Crippen LogP contribution is -2.53. The molecule has 0 aromatic carbocycles. The van der Waals surface area contributed by atoms with Crippen molar-refractivity contribution in [3.05, 3.63) is 0 Å². The van der Waals surface area contributed by atoms with Crippen molar-refractivity contribution < 1.29 is 39.6 Å². The molecule has 0 saturated heterocycles. The molecule has 0 rings (SSSR count). The van der Waals surface area contributed by atoms with Gasteiger partial charge in [0.15, 0.2) is 0 Å². The summed E-state index contributed by atoms with van der Waals surface area (Å²) in [6, 6.07) is 0. The monoisotopic (exact) mass is 208 g/mol. The molecule has 0 aliphatic rings. The van der Waals surface area contributed by atoms with E-state index >= 15 is 0 Å². The van der Waals surface area contributed by atoms with E-state index in [2.05, 4.69) is 0 Å². The lowest BCUT2D eigenvalue weighted by molar-refractivity contribution is 0.0146. The molecule has 0 saturated carbocycles. The third-order valence-corrected chi connectivity index (χ3v) is 0.925. The molecule has 14 heavy (non-hydrogen) atoms. The molecule has 0 aromatic rings. The molecule has 0 unspecified atom stereocenters. The van der Waals surface area contributed by atoms with Crippen LogP contribution in [-0.2, 0) is 0 Å². The van der Waals surface area contributed by atoms with Crippen LogP contribution in [0.4, 0.5) is 19.2 Å². The van der Waals surface area contributed by atoms with Gasteiger partial charge in [0.05, 0.1) is 0 Å². The number of imide groups is 2. The average molecular weight is 208 g/mol. The van der Waals surface area contributed by atoms with Crippen LogP contribution in [0.5, 0.6) is 0 Å². The lowest BCUT2D eigenvalue weighted by atomic mass is 10.8. The molecule has 0 fully saturated rings. The fourth-order valence-electron chi connectivity index (χ4n) is 0.506. The van der Waals surface area contributed by atoms with E-state index in [1.165, 1.54) is 0 Å². The van der Waals surface area contributed by atoms with Gasteiger partial charge in [-0.15, -0.1) is 10.0 Å². The summed E-state index contributed by atoms with van der Waals surface area (Å²) < 4.78 is 0. The molecule has 0 atom stereocenters.